The monoisotopic (exact) mass is 409 g/mol. The van der Waals surface area contributed by atoms with Gasteiger partial charge >= 0.3 is 0 Å². The van der Waals surface area contributed by atoms with E-state index < -0.39 is 0 Å². The van der Waals surface area contributed by atoms with Crippen molar-refractivity contribution in [3.63, 3.8) is 0 Å². The molecule has 0 spiro atoms. The van der Waals surface area contributed by atoms with Gasteiger partial charge in [-0.2, -0.15) is 0 Å². The zero-order valence-corrected chi connectivity index (χ0v) is 16.0. The third-order valence-electron chi connectivity index (χ3n) is 5.18. The average Bonchev–Trinajstić information content (AvgIpc) is 3.25. The van der Waals surface area contributed by atoms with Gasteiger partial charge in [0.1, 0.15) is 17.8 Å². The van der Waals surface area contributed by atoms with Crippen molar-refractivity contribution in [2.24, 2.45) is 0 Å². The van der Waals surface area contributed by atoms with Gasteiger partial charge in [0.15, 0.2) is 11.5 Å². The summed E-state index contributed by atoms with van der Waals surface area (Å²) < 4.78 is 16.1. The number of fused-ring (bicyclic) bond motifs is 2. The van der Waals surface area contributed by atoms with Gasteiger partial charge in [-0.3, -0.25) is 10.1 Å². The molecule has 1 saturated heterocycles. The quantitative estimate of drug-likeness (QED) is 0.502. The van der Waals surface area contributed by atoms with E-state index in [-0.39, 0.29) is 17.4 Å². The molecule has 0 saturated carbocycles. The number of hydrogen-bond acceptors (Lipinski definition) is 9. The van der Waals surface area contributed by atoms with E-state index in [4.69, 9.17) is 14.2 Å². The Labute approximate surface area is 171 Å². The van der Waals surface area contributed by atoms with Crippen LogP contribution >= 0.6 is 0 Å². The standard InChI is InChI=1S/C20H19N5O5/c26-25(27)17-8-14-15(9-16(17)24-3-5-28-6-4-24)22-11-23-20(14)21-10-13-1-2-18-19(7-13)30-12-29-18/h1-2,7-9,11H,3-6,10,12H2,(H,21,22,23). The summed E-state index contributed by atoms with van der Waals surface area (Å²) in [6, 6.07) is 8.99. The third kappa shape index (κ3) is 3.41. The number of aromatic nitrogens is 2. The Hall–Kier alpha value is -3.66. The highest BCUT2D eigenvalue weighted by atomic mass is 16.7. The molecule has 5 rings (SSSR count). The molecule has 1 N–H and O–H groups in total. The first kappa shape index (κ1) is 18.4. The number of morpholine rings is 1. The predicted molar refractivity (Wildman–Crippen MR) is 109 cm³/mol. The number of anilines is 2. The van der Waals surface area contributed by atoms with Crippen molar-refractivity contribution in [2.45, 2.75) is 6.54 Å². The summed E-state index contributed by atoms with van der Waals surface area (Å²) in [7, 11) is 0. The van der Waals surface area contributed by atoms with Crippen LogP contribution in [-0.2, 0) is 11.3 Å². The minimum Gasteiger partial charge on any atom is -0.454 e. The van der Waals surface area contributed by atoms with Crippen LogP contribution in [0.3, 0.4) is 0 Å². The number of nitrogens with one attached hydrogen (secondary N) is 1. The number of rotatable bonds is 5. The summed E-state index contributed by atoms with van der Waals surface area (Å²) in [5.74, 6) is 1.96. The topological polar surface area (TPSA) is 112 Å². The van der Waals surface area contributed by atoms with Crippen LogP contribution in [0, 0.1) is 10.1 Å². The van der Waals surface area contributed by atoms with E-state index in [1.807, 2.05) is 23.1 Å². The van der Waals surface area contributed by atoms with Gasteiger partial charge in [0.25, 0.3) is 5.69 Å². The maximum atomic E-state index is 11.8. The fourth-order valence-electron chi connectivity index (χ4n) is 3.66. The number of ether oxygens (including phenoxy) is 3. The van der Waals surface area contributed by atoms with Crippen LogP contribution in [0.15, 0.2) is 36.7 Å². The number of nitro benzene ring substituents is 1. The molecule has 2 aliphatic heterocycles. The molecule has 1 fully saturated rings. The van der Waals surface area contributed by atoms with E-state index in [0.717, 1.165) is 11.3 Å². The lowest BCUT2D eigenvalue weighted by atomic mass is 10.1. The second-order valence-electron chi connectivity index (χ2n) is 6.98. The Morgan fingerprint density at radius 2 is 1.93 bits per heavy atom. The minimum atomic E-state index is -0.362. The molecular weight excluding hydrogens is 390 g/mol. The summed E-state index contributed by atoms with van der Waals surface area (Å²) in [6.45, 7) is 2.99. The maximum absolute atomic E-state index is 11.8. The Morgan fingerprint density at radius 1 is 1.10 bits per heavy atom. The first-order valence-electron chi connectivity index (χ1n) is 9.57. The number of nitrogens with zero attached hydrogens (tertiary/aromatic N) is 4. The predicted octanol–water partition coefficient (Wildman–Crippen LogP) is 2.72. The molecule has 0 amide bonds. The van der Waals surface area contributed by atoms with Crippen molar-refractivity contribution >= 4 is 28.1 Å². The third-order valence-corrected chi connectivity index (χ3v) is 5.18. The van der Waals surface area contributed by atoms with Crippen LogP contribution in [0.4, 0.5) is 17.2 Å². The summed E-state index contributed by atoms with van der Waals surface area (Å²) in [5, 5.41) is 15.6. The fraction of sp³-hybridized carbons (Fsp3) is 0.300. The van der Waals surface area contributed by atoms with Crippen LogP contribution in [0.25, 0.3) is 10.9 Å². The molecule has 0 unspecified atom stereocenters. The maximum Gasteiger partial charge on any atom is 0.293 e. The van der Waals surface area contributed by atoms with Crippen LogP contribution in [0.2, 0.25) is 0 Å². The molecule has 154 valence electrons. The molecule has 1 aromatic heterocycles. The van der Waals surface area contributed by atoms with Gasteiger partial charge in [-0.15, -0.1) is 0 Å². The molecule has 2 aliphatic rings. The highest BCUT2D eigenvalue weighted by molar-refractivity contribution is 5.94. The minimum absolute atomic E-state index is 0.0327. The van der Waals surface area contributed by atoms with E-state index in [9.17, 15) is 10.1 Å². The SMILES string of the molecule is O=[N+]([O-])c1cc2c(NCc3ccc4c(c3)OCO4)ncnc2cc1N1CCOCC1. The van der Waals surface area contributed by atoms with Crippen LogP contribution in [0.5, 0.6) is 11.5 Å². The van der Waals surface area contributed by atoms with Gasteiger partial charge in [0.05, 0.1) is 23.7 Å². The summed E-state index contributed by atoms with van der Waals surface area (Å²) in [6.07, 6.45) is 1.46. The lowest BCUT2D eigenvalue weighted by Gasteiger charge is -2.28. The molecule has 2 aromatic carbocycles. The van der Waals surface area contributed by atoms with Crippen LogP contribution < -0.4 is 19.7 Å². The molecule has 0 radical (unpaired) electrons. The molecule has 10 heteroatoms. The zero-order chi connectivity index (χ0) is 20.5. The highest BCUT2D eigenvalue weighted by Crippen LogP contribution is 2.36. The highest BCUT2D eigenvalue weighted by Gasteiger charge is 2.24. The van der Waals surface area contributed by atoms with Crippen molar-refractivity contribution in [3.05, 3.63) is 52.3 Å². The van der Waals surface area contributed by atoms with Crippen LogP contribution in [-0.4, -0.2) is 48.0 Å². The molecular formula is C20H19N5O5. The Bertz CT molecular complexity index is 1120. The first-order chi connectivity index (χ1) is 14.7. The van der Waals surface area contributed by atoms with E-state index >= 15 is 0 Å². The van der Waals surface area contributed by atoms with E-state index in [2.05, 4.69) is 15.3 Å². The van der Waals surface area contributed by atoms with E-state index in [1.165, 1.54) is 6.33 Å². The summed E-state index contributed by atoms with van der Waals surface area (Å²) in [5.41, 5.74) is 2.21. The zero-order valence-electron chi connectivity index (χ0n) is 16.0. The second kappa shape index (κ2) is 7.64. The number of benzene rings is 2. The Morgan fingerprint density at radius 3 is 2.77 bits per heavy atom. The van der Waals surface area contributed by atoms with E-state index in [0.29, 0.717) is 61.0 Å². The lowest BCUT2D eigenvalue weighted by molar-refractivity contribution is -0.384. The fourth-order valence-corrected chi connectivity index (χ4v) is 3.66. The number of hydrogen-bond donors (Lipinski definition) is 1. The molecule has 3 aromatic rings. The van der Waals surface area contributed by atoms with Gasteiger partial charge in [-0.1, -0.05) is 6.07 Å². The van der Waals surface area contributed by atoms with Crippen LogP contribution in [0.1, 0.15) is 5.56 Å². The lowest BCUT2D eigenvalue weighted by Crippen LogP contribution is -2.36. The molecule has 0 atom stereocenters. The normalized spacial score (nSPS) is 15.4. The Balaban J connectivity index is 1.46. The molecule has 3 heterocycles. The van der Waals surface area contributed by atoms with Gasteiger partial charge in [-0.25, -0.2) is 9.97 Å². The molecule has 30 heavy (non-hydrogen) atoms. The Kier molecular flexibility index (Phi) is 4.68. The van der Waals surface area contributed by atoms with Crippen molar-refractivity contribution in [1.82, 2.24) is 9.97 Å². The van der Waals surface area contributed by atoms with E-state index in [1.54, 1.807) is 12.1 Å². The average molecular weight is 409 g/mol. The largest absolute Gasteiger partial charge is 0.454 e. The van der Waals surface area contributed by atoms with Crippen molar-refractivity contribution < 1.29 is 19.1 Å². The summed E-state index contributed by atoms with van der Waals surface area (Å²) in [4.78, 5) is 22.0. The molecule has 10 nitrogen and oxygen atoms in total. The van der Waals surface area contributed by atoms with Gasteiger partial charge in [0, 0.05) is 31.1 Å². The van der Waals surface area contributed by atoms with Gasteiger partial charge < -0.3 is 24.4 Å². The van der Waals surface area contributed by atoms with Crippen molar-refractivity contribution in [3.8, 4) is 11.5 Å². The van der Waals surface area contributed by atoms with Crippen molar-refractivity contribution in [1.29, 1.82) is 0 Å². The summed E-state index contributed by atoms with van der Waals surface area (Å²) >= 11 is 0. The molecule has 0 bridgehead atoms. The smallest absolute Gasteiger partial charge is 0.293 e. The second-order valence-corrected chi connectivity index (χ2v) is 6.98. The molecule has 0 aliphatic carbocycles. The van der Waals surface area contributed by atoms with Crippen molar-refractivity contribution in [2.75, 3.05) is 43.3 Å². The van der Waals surface area contributed by atoms with Gasteiger partial charge in [0.2, 0.25) is 6.79 Å². The number of nitro groups is 1. The first-order valence-corrected chi connectivity index (χ1v) is 9.57. The van der Waals surface area contributed by atoms with Gasteiger partial charge in [-0.05, 0) is 23.8 Å².